The SMILES string of the molecule is O=C(OC1C2CC3CC(C2)CC1C3)N1CCCC1c1nc(-c2ccncc2)cs1. The highest BCUT2D eigenvalue weighted by molar-refractivity contribution is 7.10. The second-order valence-electron chi connectivity index (χ2n) is 9.44. The maximum Gasteiger partial charge on any atom is 0.410 e. The molecule has 2 aromatic heterocycles. The van der Waals surface area contributed by atoms with Crippen molar-refractivity contribution in [1.82, 2.24) is 14.9 Å². The molecule has 3 heterocycles. The van der Waals surface area contributed by atoms with Crippen molar-refractivity contribution >= 4 is 17.4 Å². The minimum atomic E-state index is -0.106. The summed E-state index contributed by atoms with van der Waals surface area (Å²) in [6.07, 6.45) is 12.1. The first-order valence-electron chi connectivity index (χ1n) is 11.1. The Hall–Kier alpha value is -1.95. The molecule has 5 fully saturated rings. The normalized spacial score (nSPS) is 35.2. The molecule has 4 saturated carbocycles. The van der Waals surface area contributed by atoms with Crippen LogP contribution in [0, 0.1) is 23.7 Å². The number of thiazole rings is 1. The van der Waals surface area contributed by atoms with Gasteiger partial charge in [0.25, 0.3) is 0 Å². The number of pyridine rings is 1. The summed E-state index contributed by atoms with van der Waals surface area (Å²) in [7, 11) is 0. The van der Waals surface area contributed by atoms with Crippen LogP contribution in [0.4, 0.5) is 4.79 Å². The Labute approximate surface area is 175 Å². The molecular formula is C23H27N3O2S. The van der Waals surface area contributed by atoms with Crippen LogP contribution in [0.2, 0.25) is 0 Å². The molecule has 1 unspecified atom stereocenters. The van der Waals surface area contributed by atoms with Crippen LogP contribution in [0.3, 0.4) is 0 Å². The molecule has 0 radical (unpaired) electrons. The molecule has 1 amide bonds. The average Bonchev–Trinajstić information content (AvgIpc) is 3.40. The van der Waals surface area contributed by atoms with Crippen molar-refractivity contribution in [3.63, 3.8) is 0 Å². The third-order valence-corrected chi connectivity index (χ3v) is 8.59. The van der Waals surface area contributed by atoms with Gasteiger partial charge in [0.15, 0.2) is 0 Å². The molecule has 4 aliphatic carbocycles. The quantitative estimate of drug-likeness (QED) is 0.690. The molecule has 29 heavy (non-hydrogen) atoms. The Morgan fingerprint density at radius 1 is 1.07 bits per heavy atom. The summed E-state index contributed by atoms with van der Waals surface area (Å²) in [5.41, 5.74) is 2.04. The summed E-state index contributed by atoms with van der Waals surface area (Å²) >= 11 is 1.65. The number of rotatable bonds is 3. The van der Waals surface area contributed by atoms with Crippen molar-refractivity contribution in [3.8, 4) is 11.3 Å². The Bertz CT molecular complexity index is 871. The predicted octanol–water partition coefficient (Wildman–Crippen LogP) is 5.30. The standard InChI is InChI=1S/C23H27N3O2S/c27-23(28-21-17-9-14-8-15(11-17)12-18(21)10-14)26-7-1-2-20(26)22-25-19(13-29-22)16-3-5-24-6-4-16/h3-6,13-15,17-18,20-21H,1-2,7-12H2. The van der Waals surface area contributed by atoms with E-state index in [-0.39, 0.29) is 18.2 Å². The van der Waals surface area contributed by atoms with Gasteiger partial charge in [-0.25, -0.2) is 9.78 Å². The molecule has 0 N–H and O–H groups in total. The van der Waals surface area contributed by atoms with Crippen LogP contribution in [-0.2, 0) is 4.74 Å². The predicted molar refractivity (Wildman–Crippen MR) is 111 cm³/mol. The van der Waals surface area contributed by atoms with Gasteiger partial charge in [0.2, 0.25) is 0 Å². The van der Waals surface area contributed by atoms with Gasteiger partial charge in [-0.3, -0.25) is 9.88 Å². The number of ether oxygens (including phenoxy) is 1. The van der Waals surface area contributed by atoms with Gasteiger partial charge in [0.05, 0.1) is 11.7 Å². The van der Waals surface area contributed by atoms with Gasteiger partial charge in [0.1, 0.15) is 11.1 Å². The molecule has 0 aromatic carbocycles. The molecule has 152 valence electrons. The molecule has 7 rings (SSSR count). The summed E-state index contributed by atoms with van der Waals surface area (Å²) < 4.78 is 6.21. The number of nitrogens with zero attached hydrogens (tertiary/aromatic N) is 3. The van der Waals surface area contributed by atoms with E-state index in [1.807, 2.05) is 17.0 Å². The topological polar surface area (TPSA) is 55.3 Å². The van der Waals surface area contributed by atoms with Gasteiger partial charge in [-0.2, -0.15) is 0 Å². The number of hydrogen-bond acceptors (Lipinski definition) is 5. The van der Waals surface area contributed by atoms with Crippen molar-refractivity contribution in [2.24, 2.45) is 23.7 Å². The van der Waals surface area contributed by atoms with Crippen LogP contribution in [-0.4, -0.2) is 33.6 Å². The summed E-state index contributed by atoms with van der Waals surface area (Å²) in [6, 6.07) is 4.01. The Kier molecular flexibility index (Phi) is 4.36. The molecular weight excluding hydrogens is 382 g/mol. The Morgan fingerprint density at radius 2 is 1.79 bits per heavy atom. The number of hydrogen-bond donors (Lipinski definition) is 0. The highest BCUT2D eigenvalue weighted by Crippen LogP contribution is 2.55. The number of likely N-dealkylation sites (tertiary alicyclic amines) is 1. The third-order valence-electron chi connectivity index (χ3n) is 7.65. The summed E-state index contributed by atoms with van der Waals surface area (Å²) in [4.78, 5) is 24.1. The molecule has 1 atom stereocenters. The van der Waals surface area contributed by atoms with Crippen molar-refractivity contribution in [3.05, 3.63) is 34.9 Å². The zero-order chi connectivity index (χ0) is 19.4. The molecule has 2 aromatic rings. The summed E-state index contributed by atoms with van der Waals surface area (Å²) in [6.45, 7) is 0.779. The van der Waals surface area contributed by atoms with E-state index in [0.717, 1.165) is 47.5 Å². The highest BCUT2D eigenvalue weighted by atomic mass is 32.1. The van der Waals surface area contributed by atoms with Crippen molar-refractivity contribution in [1.29, 1.82) is 0 Å². The van der Waals surface area contributed by atoms with E-state index in [1.54, 1.807) is 23.7 Å². The van der Waals surface area contributed by atoms with Gasteiger partial charge in [-0.05, 0) is 80.8 Å². The minimum absolute atomic E-state index is 0.0555. The lowest BCUT2D eigenvalue weighted by Gasteiger charge is -2.53. The van der Waals surface area contributed by atoms with Gasteiger partial charge < -0.3 is 4.74 Å². The van der Waals surface area contributed by atoms with Crippen LogP contribution < -0.4 is 0 Å². The molecule has 5 aliphatic rings. The molecule has 6 heteroatoms. The first-order chi connectivity index (χ1) is 14.2. The second-order valence-corrected chi connectivity index (χ2v) is 10.3. The zero-order valence-electron chi connectivity index (χ0n) is 16.6. The van der Waals surface area contributed by atoms with Gasteiger partial charge in [0, 0.05) is 29.9 Å². The minimum Gasteiger partial charge on any atom is -0.445 e. The number of amides is 1. The number of carbonyl (C=O) groups is 1. The van der Waals surface area contributed by atoms with Crippen LogP contribution in [0.5, 0.6) is 0 Å². The first-order valence-corrected chi connectivity index (χ1v) is 12.0. The van der Waals surface area contributed by atoms with Crippen LogP contribution in [0.25, 0.3) is 11.3 Å². The fourth-order valence-corrected chi connectivity index (χ4v) is 7.56. The molecule has 1 aliphatic heterocycles. The van der Waals surface area contributed by atoms with E-state index in [2.05, 4.69) is 10.4 Å². The van der Waals surface area contributed by atoms with Crippen LogP contribution in [0.1, 0.15) is 56.0 Å². The van der Waals surface area contributed by atoms with Crippen molar-refractivity contribution in [2.45, 2.75) is 57.1 Å². The zero-order valence-corrected chi connectivity index (χ0v) is 17.4. The first kappa shape index (κ1) is 17.9. The van der Waals surface area contributed by atoms with Gasteiger partial charge >= 0.3 is 6.09 Å². The second kappa shape index (κ2) is 7.08. The summed E-state index contributed by atoms with van der Waals surface area (Å²) in [5, 5.41) is 3.11. The number of aromatic nitrogens is 2. The van der Waals surface area contributed by atoms with E-state index >= 15 is 0 Å². The van der Waals surface area contributed by atoms with E-state index in [1.165, 1.54) is 32.1 Å². The monoisotopic (exact) mass is 409 g/mol. The fraction of sp³-hybridized carbons (Fsp3) is 0.609. The van der Waals surface area contributed by atoms with E-state index in [4.69, 9.17) is 9.72 Å². The Balaban J connectivity index is 1.17. The van der Waals surface area contributed by atoms with Crippen LogP contribution >= 0.6 is 11.3 Å². The average molecular weight is 410 g/mol. The highest BCUT2D eigenvalue weighted by Gasteiger charge is 2.50. The molecule has 0 spiro atoms. The van der Waals surface area contributed by atoms with Crippen molar-refractivity contribution < 1.29 is 9.53 Å². The molecule has 4 bridgehead atoms. The van der Waals surface area contributed by atoms with Gasteiger partial charge in [-0.1, -0.05) is 0 Å². The molecule has 5 nitrogen and oxygen atoms in total. The maximum atomic E-state index is 13.2. The smallest absolute Gasteiger partial charge is 0.410 e. The summed E-state index contributed by atoms with van der Waals surface area (Å²) in [5.74, 6) is 3.01. The number of carbonyl (C=O) groups excluding carboxylic acids is 1. The van der Waals surface area contributed by atoms with E-state index < -0.39 is 0 Å². The van der Waals surface area contributed by atoms with Crippen LogP contribution in [0.15, 0.2) is 29.9 Å². The largest absolute Gasteiger partial charge is 0.445 e. The lowest BCUT2D eigenvalue weighted by Crippen LogP contribution is -2.51. The maximum absolute atomic E-state index is 13.2. The van der Waals surface area contributed by atoms with E-state index in [9.17, 15) is 4.79 Å². The van der Waals surface area contributed by atoms with E-state index in [0.29, 0.717) is 11.8 Å². The van der Waals surface area contributed by atoms with Crippen molar-refractivity contribution in [2.75, 3.05) is 6.54 Å². The van der Waals surface area contributed by atoms with Gasteiger partial charge in [-0.15, -0.1) is 11.3 Å². The third kappa shape index (κ3) is 3.16. The fourth-order valence-electron chi connectivity index (χ4n) is 6.59. The lowest BCUT2D eigenvalue weighted by atomic mass is 9.55. The molecule has 1 saturated heterocycles. The lowest BCUT2D eigenvalue weighted by molar-refractivity contribution is -0.103. The Morgan fingerprint density at radius 3 is 2.52 bits per heavy atom.